The van der Waals surface area contributed by atoms with Gasteiger partial charge in [-0.2, -0.15) is 0 Å². The summed E-state index contributed by atoms with van der Waals surface area (Å²) in [4.78, 5) is 16.5. The van der Waals surface area contributed by atoms with Gasteiger partial charge in [-0.1, -0.05) is 30.3 Å². The normalized spacial score (nSPS) is 19.1. The molecule has 1 fully saturated rings. The van der Waals surface area contributed by atoms with E-state index in [1.54, 1.807) is 0 Å². The third-order valence-electron chi connectivity index (χ3n) is 3.65. The van der Waals surface area contributed by atoms with Crippen LogP contribution in [0.15, 0.2) is 30.3 Å². The van der Waals surface area contributed by atoms with Gasteiger partial charge in [0.25, 0.3) is 0 Å². The van der Waals surface area contributed by atoms with Crippen LogP contribution in [0.25, 0.3) is 0 Å². The van der Waals surface area contributed by atoms with Crippen LogP contribution >= 0.6 is 0 Å². The fraction of sp³-hybridized carbons (Fsp3) is 0.533. The van der Waals surface area contributed by atoms with Crippen LogP contribution in [0.3, 0.4) is 0 Å². The fourth-order valence-corrected chi connectivity index (χ4v) is 2.21. The Morgan fingerprint density at radius 1 is 1.21 bits per heavy atom. The lowest BCUT2D eigenvalue weighted by atomic mass is 10.2. The van der Waals surface area contributed by atoms with E-state index in [-0.39, 0.29) is 12.0 Å². The lowest BCUT2D eigenvalue weighted by molar-refractivity contribution is -0.151. The van der Waals surface area contributed by atoms with E-state index in [0.29, 0.717) is 6.61 Å². The summed E-state index contributed by atoms with van der Waals surface area (Å²) in [6.07, 6.45) is 0. The Kier molecular flexibility index (Phi) is 4.93. The molecule has 0 aliphatic carbocycles. The number of carbonyl (C=O) groups excluding carboxylic acids is 1. The second-order valence-corrected chi connectivity index (χ2v) is 5.11. The van der Waals surface area contributed by atoms with Gasteiger partial charge < -0.3 is 9.64 Å². The summed E-state index contributed by atoms with van der Waals surface area (Å²) in [5.74, 6) is -0.131. The van der Waals surface area contributed by atoms with E-state index in [1.807, 2.05) is 37.3 Å². The molecule has 0 N–H and O–H groups in total. The summed E-state index contributed by atoms with van der Waals surface area (Å²) in [6, 6.07) is 9.64. The number of rotatable bonds is 4. The maximum absolute atomic E-state index is 12.0. The Hall–Kier alpha value is -1.39. The average Bonchev–Trinajstić information content (AvgIpc) is 2.46. The summed E-state index contributed by atoms with van der Waals surface area (Å²) < 4.78 is 5.38. The summed E-state index contributed by atoms with van der Waals surface area (Å²) in [5.41, 5.74) is 1.03. The highest BCUT2D eigenvalue weighted by atomic mass is 16.5. The van der Waals surface area contributed by atoms with E-state index in [2.05, 4.69) is 16.8 Å². The van der Waals surface area contributed by atoms with Gasteiger partial charge in [0, 0.05) is 26.2 Å². The standard InChI is InChI=1S/C15H22N2O2/c1-13(17-10-8-16(2)9-11-17)15(18)19-12-14-6-4-3-5-7-14/h3-7,13H,8-12H2,1-2H3. The van der Waals surface area contributed by atoms with E-state index in [9.17, 15) is 4.79 Å². The number of esters is 1. The number of ether oxygens (including phenoxy) is 1. The van der Waals surface area contributed by atoms with E-state index in [0.717, 1.165) is 31.7 Å². The van der Waals surface area contributed by atoms with E-state index >= 15 is 0 Å². The Morgan fingerprint density at radius 3 is 2.47 bits per heavy atom. The molecule has 4 nitrogen and oxygen atoms in total. The molecule has 1 aliphatic rings. The molecule has 0 radical (unpaired) electrons. The third-order valence-corrected chi connectivity index (χ3v) is 3.65. The average molecular weight is 262 g/mol. The van der Waals surface area contributed by atoms with Crippen molar-refractivity contribution in [3.05, 3.63) is 35.9 Å². The van der Waals surface area contributed by atoms with Crippen molar-refractivity contribution in [1.82, 2.24) is 9.80 Å². The topological polar surface area (TPSA) is 32.8 Å². The summed E-state index contributed by atoms with van der Waals surface area (Å²) in [6.45, 7) is 6.17. The Balaban J connectivity index is 1.79. The lowest BCUT2D eigenvalue weighted by Gasteiger charge is -2.35. The smallest absolute Gasteiger partial charge is 0.323 e. The lowest BCUT2D eigenvalue weighted by Crippen LogP contribution is -2.50. The van der Waals surface area contributed by atoms with Crippen molar-refractivity contribution < 1.29 is 9.53 Å². The van der Waals surface area contributed by atoms with Crippen LogP contribution in [0, 0.1) is 0 Å². The molecule has 1 unspecified atom stereocenters. The Bertz CT molecular complexity index is 400. The first-order valence-electron chi connectivity index (χ1n) is 6.80. The molecule has 1 aromatic rings. The maximum atomic E-state index is 12.0. The van der Waals surface area contributed by atoms with Crippen molar-refractivity contribution in [3.8, 4) is 0 Å². The van der Waals surface area contributed by atoms with Crippen molar-refractivity contribution in [3.63, 3.8) is 0 Å². The van der Waals surface area contributed by atoms with Crippen molar-refractivity contribution >= 4 is 5.97 Å². The van der Waals surface area contributed by atoms with Gasteiger partial charge in [-0.05, 0) is 19.5 Å². The molecule has 1 aromatic carbocycles. The molecular weight excluding hydrogens is 240 g/mol. The van der Waals surface area contributed by atoms with Gasteiger partial charge in [0.2, 0.25) is 0 Å². The number of piperazine rings is 1. The van der Waals surface area contributed by atoms with Crippen LogP contribution in [-0.4, -0.2) is 55.0 Å². The van der Waals surface area contributed by atoms with Gasteiger partial charge in [-0.25, -0.2) is 0 Å². The number of benzene rings is 1. The zero-order valence-corrected chi connectivity index (χ0v) is 11.7. The summed E-state index contributed by atoms with van der Waals surface area (Å²) >= 11 is 0. The first kappa shape index (κ1) is 14.0. The molecule has 2 rings (SSSR count). The second-order valence-electron chi connectivity index (χ2n) is 5.11. The van der Waals surface area contributed by atoms with Crippen LogP contribution in [0.1, 0.15) is 12.5 Å². The van der Waals surface area contributed by atoms with Gasteiger partial charge in [0.05, 0.1) is 0 Å². The van der Waals surface area contributed by atoms with Crippen molar-refractivity contribution in [1.29, 1.82) is 0 Å². The highest BCUT2D eigenvalue weighted by Crippen LogP contribution is 2.08. The highest BCUT2D eigenvalue weighted by Gasteiger charge is 2.25. The molecule has 0 spiro atoms. The molecule has 4 heteroatoms. The molecule has 19 heavy (non-hydrogen) atoms. The fourth-order valence-electron chi connectivity index (χ4n) is 2.21. The molecule has 0 saturated carbocycles. The van der Waals surface area contributed by atoms with Gasteiger partial charge >= 0.3 is 5.97 Å². The van der Waals surface area contributed by atoms with E-state index in [4.69, 9.17) is 4.74 Å². The van der Waals surface area contributed by atoms with Crippen molar-refractivity contribution in [2.24, 2.45) is 0 Å². The Morgan fingerprint density at radius 2 is 1.84 bits per heavy atom. The highest BCUT2D eigenvalue weighted by molar-refractivity contribution is 5.75. The maximum Gasteiger partial charge on any atom is 0.323 e. The minimum Gasteiger partial charge on any atom is -0.460 e. The molecule has 0 bridgehead atoms. The van der Waals surface area contributed by atoms with Crippen LogP contribution < -0.4 is 0 Å². The molecule has 104 valence electrons. The third kappa shape index (κ3) is 4.04. The zero-order valence-electron chi connectivity index (χ0n) is 11.7. The number of carbonyl (C=O) groups is 1. The van der Waals surface area contributed by atoms with Crippen LogP contribution in [-0.2, 0) is 16.1 Å². The largest absolute Gasteiger partial charge is 0.460 e. The monoisotopic (exact) mass is 262 g/mol. The quantitative estimate of drug-likeness (QED) is 0.767. The molecule has 1 aliphatic heterocycles. The predicted molar refractivity (Wildman–Crippen MR) is 74.8 cm³/mol. The van der Waals surface area contributed by atoms with Gasteiger partial charge in [-0.3, -0.25) is 9.69 Å². The molecule has 0 aromatic heterocycles. The molecule has 1 atom stereocenters. The summed E-state index contributed by atoms with van der Waals surface area (Å²) in [7, 11) is 2.11. The number of hydrogen-bond donors (Lipinski definition) is 0. The molecular formula is C15H22N2O2. The van der Waals surface area contributed by atoms with Crippen LogP contribution in [0.5, 0.6) is 0 Å². The van der Waals surface area contributed by atoms with E-state index < -0.39 is 0 Å². The van der Waals surface area contributed by atoms with Gasteiger partial charge in [0.15, 0.2) is 0 Å². The van der Waals surface area contributed by atoms with Crippen molar-refractivity contribution in [2.45, 2.75) is 19.6 Å². The van der Waals surface area contributed by atoms with Crippen molar-refractivity contribution in [2.75, 3.05) is 33.2 Å². The number of hydrogen-bond acceptors (Lipinski definition) is 4. The first-order valence-corrected chi connectivity index (χ1v) is 6.80. The first-order chi connectivity index (χ1) is 9.16. The molecule has 0 amide bonds. The molecule has 1 saturated heterocycles. The summed E-state index contributed by atoms with van der Waals surface area (Å²) in [5, 5.41) is 0. The zero-order chi connectivity index (χ0) is 13.7. The van der Waals surface area contributed by atoms with Gasteiger partial charge in [0.1, 0.15) is 12.6 Å². The number of likely N-dealkylation sites (N-methyl/N-ethyl adjacent to an activating group) is 1. The second kappa shape index (κ2) is 6.68. The SMILES string of the molecule is CC(C(=O)OCc1ccccc1)N1CCN(C)CC1. The van der Waals surface area contributed by atoms with Gasteiger partial charge in [-0.15, -0.1) is 0 Å². The minimum absolute atomic E-state index is 0.131. The number of nitrogens with zero attached hydrogens (tertiary/aromatic N) is 2. The molecule has 1 heterocycles. The van der Waals surface area contributed by atoms with Crippen LogP contribution in [0.2, 0.25) is 0 Å². The Labute approximate surface area is 115 Å². The van der Waals surface area contributed by atoms with E-state index in [1.165, 1.54) is 0 Å². The predicted octanol–water partition coefficient (Wildman–Crippen LogP) is 1.37. The minimum atomic E-state index is -0.155. The van der Waals surface area contributed by atoms with Crippen LogP contribution in [0.4, 0.5) is 0 Å².